The van der Waals surface area contributed by atoms with Crippen molar-refractivity contribution in [2.24, 2.45) is 0 Å². The van der Waals surface area contributed by atoms with Gasteiger partial charge in [-0.05, 0) is 46.0 Å². The first-order chi connectivity index (χ1) is 12.7. The van der Waals surface area contributed by atoms with Gasteiger partial charge in [0, 0.05) is 5.56 Å². The molecule has 0 fully saturated rings. The Bertz CT molecular complexity index is 1040. The molecule has 0 bridgehead atoms. The molecule has 126 valence electrons. The highest BCUT2D eigenvalue weighted by Gasteiger charge is 2.11. The fraction of sp³-hybridized carbons (Fsp3) is 0. The summed E-state index contributed by atoms with van der Waals surface area (Å²) in [7, 11) is 0. The second kappa shape index (κ2) is 6.77. The van der Waals surface area contributed by atoms with Gasteiger partial charge in [-0.25, -0.2) is 0 Å². The lowest BCUT2D eigenvalue weighted by atomic mass is 9.92. The zero-order valence-electron chi connectivity index (χ0n) is 14.1. The molecule has 26 heavy (non-hydrogen) atoms. The molecule has 4 aromatic carbocycles. The molecule has 0 aliphatic rings. The highest BCUT2D eigenvalue weighted by molar-refractivity contribution is 5.86. The zero-order chi connectivity index (χ0) is 17.9. The highest BCUT2D eigenvalue weighted by Crippen LogP contribution is 2.38. The van der Waals surface area contributed by atoms with Gasteiger partial charge in [-0.1, -0.05) is 78.9 Å². The van der Waals surface area contributed by atoms with Gasteiger partial charge >= 0.3 is 0 Å². The summed E-state index contributed by atoms with van der Waals surface area (Å²) < 4.78 is 0. The summed E-state index contributed by atoms with van der Waals surface area (Å²) in [6.07, 6.45) is 0. The lowest BCUT2D eigenvalue weighted by Crippen LogP contribution is -1.87. The van der Waals surface area contributed by atoms with Crippen LogP contribution in [0.25, 0.3) is 33.4 Å². The van der Waals surface area contributed by atoms with Crippen LogP contribution in [0, 0.1) is 0 Å². The minimum absolute atomic E-state index is 0.220. The third kappa shape index (κ3) is 3.05. The van der Waals surface area contributed by atoms with E-state index in [-0.39, 0.29) is 11.5 Å². The molecular formula is C24H18O2. The van der Waals surface area contributed by atoms with E-state index in [1.165, 1.54) is 0 Å². The Morgan fingerprint density at radius 1 is 0.423 bits per heavy atom. The molecule has 0 aromatic heterocycles. The standard InChI is InChI=1S/C24H18O2/c25-20-12-14-21(23(16-20)18-9-5-2-6-10-18)19-11-13-22(24(26)15-19)17-7-3-1-4-8-17/h1-16,25-26H. The van der Waals surface area contributed by atoms with Crippen LogP contribution in [-0.2, 0) is 0 Å². The predicted octanol–water partition coefficient (Wildman–Crippen LogP) is 6.10. The van der Waals surface area contributed by atoms with Crippen molar-refractivity contribution in [1.82, 2.24) is 0 Å². The summed E-state index contributed by atoms with van der Waals surface area (Å²) in [6, 6.07) is 30.8. The fourth-order valence-corrected chi connectivity index (χ4v) is 3.20. The molecule has 4 rings (SSSR count). The average Bonchev–Trinajstić information content (AvgIpc) is 2.69. The molecule has 0 radical (unpaired) electrons. The normalized spacial score (nSPS) is 10.6. The van der Waals surface area contributed by atoms with Crippen LogP contribution in [0.2, 0.25) is 0 Å². The van der Waals surface area contributed by atoms with Crippen molar-refractivity contribution in [3.63, 3.8) is 0 Å². The average molecular weight is 338 g/mol. The van der Waals surface area contributed by atoms with Crippen molar-refractivity contribution in [2.45, 2.75) is 0 Å². The molecule has 0 aliphatic heterocycles. The van der Waals surface area contributed by atoms with Gasteiger partial charge in [-0.2, -0.15) is 0 Å². The Hall–Kier alpha value is -3.52. The van der Waals surface area contributed by atoms with E-state index >= 15 is 0 Å². The fourth-order valence-electron chi connectivity index (χ4n) is 3.20. The zero-order valence-corrected chi connectivity index (χ0v) is 14.1. The first-order valence-electron chi connectivity index (χ1n) is 8.49. The molecule has 0 amide bonds. The van der Waals surface area contributed by atoms with E-state index in [1.54, 1.807) is 18.2 Å². The Labute approximate surface area is 152 Å². The predicted molar refractivity (Wildman–Crippen MR) is 106 cm³/mol. The summed E-state index contributed by atoms with van der Waals surface area (Å²) >= 11 is 0. The van der Waals surface area contributed by atoms with Crippen molar-refractivity contribution >= 4 is 0 Å². The van der Waals surface area contributed by atoms with Crippen LogP contribution in [0.4, 0.5) is 0 Å². The van der Waals surface area contributed by atoms with Gasteiger partial charge in [-0.3, -0.25) is 0 Å². The van der Waals surface area contributed by atoms with Crippen LogP contribution in [0.5, 0.6) is 11.5 Å². The number of hydrogen-bond acceptors (Lipinski definition) is 2. The van der Waals surface area contributed by atoms with Crippen LogP contribution < -0.4 is 0 Å². The maximum absolute atomic E-state index is 10.6. The van der Waals surface area contributed by atoms with E-state index in [0.717, 1.165) is 33.4 Å². The number of hydrogen-bond donors (Lipinski definition) is 2. The Morgan fingerprint density at radius 3 is 1.62 bits per heavy atom. The van der Waals surface area contributed by atoms with Gasteiger partial charge < -0.3 is 10.2 Å². The second-order valence-corrected chi connectivity index (χ2v) is 6.19. The monoisotopic (exact) mass is 338 g/mol. The van der Waals surface area contributed by atoms with E-state index in [9.17, 15) is 10.2 Å². The number of rotatable bonds is 3. The summed E-state index contributed by atoms with van der Waals surface area (Å²) in [4.78, 5) is 0. The van der Waals surface area contributed by atoms with Gasteiger partial charge in [0.25, 0.3) is 0 Å². The number of phenols is 2. The molecule has 0 heterocycles. The topological polar surface area (TPSA) is 40.5 Å². The first kappa shape index (κ1) is 16.0. The van der Waals surface area contributed by atoms with E-state index < -0.39 is 0 Å². The van der Waals surface area contributed by atoms with E-state index in [0.29, 0.717) is 0 Å². The van der Waals surface area contributed by atoms with Crippen molar-refractivity contribution in [3.8, 4) is 44.9 Å². The molecular weight excluding hydrogens is 320 g/mol. The quantitative estimate of drug-likeness (QED) is 0.474. The summed E-state index contributed by atoms with van der Waals surface area (Å²) in [6.45, 7) is 0. The van der Waals surface area contributed by atoms with Gasteiger partial charge in [0.15, 0.2) is 0 Å². The Morgan fingerprint density at radius 2 is 1.00 bits per heavy atom. The molecule has 0 spiro atoms. The van der Waals surface area contributed by atoms with Crippen molar-refractivity contribution in [1.29, 1.82) is 0 Å². The van der Waals surface area contributed by atoms with Crippen molar-refractivity contribution in [2.75, 3.05) is 0 Å². The van der Waals surface area contributed by atoms with Crippen LogP contribution in [0.3, 0.4) is 0 Å². The number of aromatic hydroxyl groups is 2. The smallest absolute Gasteiger partial charge is 0.124 e. The molecule has 0 atom stereocenters. The number of phenolic OH excluding ortho intramolecular Hbond substituents is 2. The molecule has 0 unspecified atom stereocenters. The van der Waals surface area contributed by atoms with E-state index in [2.05, 4.69) is 0 Å². The minimum Gasteiger partial charge on any atom is -0.508 e. The Kier molecular flexibility index (Phi) is 4.16. The van der Waals surface area contributed by atoms with Crippen LogP contribution in [-0.4, -0.2) is 10.2 Å². The molecule has 2 N–H and O–H groups in total. The van der Waals surface area contributed by atoms with Crippen LogP contribution >= 0.6 is 0 Å². The lowest BCUT2D eigenvalue weighted by molar-refractivity contribution is 0.475. The third-order valence-corrected chi connectivity index (χ3v) is 4.48. The van der Waals surface area contributed by atoms with Gasteiger partial charge in [0.05, 0.1) is 0 Å². The van der Waals surface area contributed by atoms with Crippen molar-refractivity contribution < 1.29 is 10.2 Å². The molecule has 0 aliphatic carbocycles. The maximum Gasteiger partial charge on any atom is 0.124 e. The van der Waals surface area contributed by atoms with E-state index in [4.69, 9.17) is 0 Å². The summed E-state index contributed by atoms with van der Waals surface area (Å²) in [5.41, 5.74) is 5.59. The maximum atomic E-state index is 10.6. The SMILES string of the molecule is Oc1ccc(-c2ccc(-c3ccccc3)c(O)c2)c(-c2ccccc2)c1. The molecule has 0 saturated carbocycles. The molecule has 2 nitrogen and oxygen atoms in total. The number of benzene rings is 4. The molecule has 0 saturated heterocycles. The Balaban J connectivity index is 1.83. The van der Waals surface area contributed by atoms with Gasteiger partial charge in [0.2, 0.25) is 0 Å². The van der Waals surface area contributed by atoms with Gasteiger partial charge in [-0.15, -0.1) is 0 Å². The highest BCUT2D eigenvalue weighted by atomic mass is 16.3. The lowest BCUT2D eigenvalue weighted by Gasteiger charge is -2.13. The summed E-state index contributed by atoms with van der Waals surface area (Å²) in [5, 5.41) is 20.5. The first-order valence-corrected chi connectivity index (χ1v) is 8.49. The summed E-state index contributed by atoms with van der Waals surface area (Å²) in [5.74, 6) is 0.457. The van der Waals surface area contributed by atoms with Crippen LogP contribution in [0.1, 0.15) is 0 Å². The second-order valence-electron chi connectivity index (χ2n) is 6.19. The van der Waals surface area contributed by atoms with E-state index in [1.807, 2.05) is 78.9 Å². The largest absolute Gasteiger partial charge is 0.508 e. The van der Waals surface area contributed by atoms with Crippen LogP contribution in [0.15, 0.2) is 97.1 Å². The third-order valence-electron chi connectivity index (χ3n) is 4.48. The van der Waals surface area contributed by atoms with Gasteiger partial charge in [0.1, 0.15) is 11.5 Å². The molecule has 4 aromatic rings. The minimum atomic E-state index is 0.220. The van der Waals surface area contributed by atoms with Crippen molar-refractivity contribution in [3.05, 3.63) is 97.1 Å². The molecule has 2 heteroatoms.